The van der Waals surface area contributed by atoms with Crippen molar-refractivity contribution in [2.45, 2.75) is 24.6 Å². The molecule has 0 aliphatic carbocycles. The molecule has 1 atom stereocenters. The van der Waals surface area contributed by atoms with Crippen LogP contribution >= 0.6 is 0 Å². The Labute approximate surface area is 101 Å². The summed E-state index contributed by atoms with van der Waals surface area (Å²) in [7, 11) is 0. The van der Waals surface area contributed by atoms with Crippen LogP contribution in [0.5, 0.6) is 0 Å². The third-order valence-corrected chi connectivity index (χ3v) is 3.03. The summed E-state index contributed by atoms with van der Waals surface area (Å²) >= 11 is 0. The lowest BCUT2D eigenvalue weighted by Crippen LogP contribution is -2.36. The van der Waals surface area contributed by atoms with E-state index in [9.17, 15) is 22.7 Å². The molecule has 0 radical (unpaired) electrons. The molecule has 1 saturated heterocycles. The van der Waals surface area contributed by atoms with Crippen molar-refractivity contribution in [3.8, 4) is 0 Å². The smallest absolute Gasteiger partial charge is 0.383 e. The number of rotatable bonds is 1. The monoisotopic (exact) mass is 264 g/mol. The molecule has 0 amide bonds. The second kappa shape index (κ2) is 4.51. The maximum Gasteiger partial charge on any atom is 0.419 e. The van der Waals surface area contributed by atoms with Gasteiger partial charge in [0.05, 0.1) is 12.2 Å². The number of ether oxygens (including phenoxy) is 1. The molecule has 1 aromatic carbocycles. The number of benzene rings is 1. The molecule has 2 nitrogen and oxygen atoms in total. The van der Waals surface area contributed by atoms with Crippen molar-refractivity contribution in [1.29, 1.82) is 0 Å². The Hall–Kier alpha value is -1.14. The molecule has 1 aromatic rings. The first-order valence-electron chi connectivity index (χ1n) is 5.50. The molecule has 0 spiro atoms. The zero-order valence-corrected chi connectivity index (χ0v) is 9.43. The van der Waals surface area contributed by atoms with Crippen LogP contribution in [0.4, 0.5) is 17.6 Å². The van der Waals surface area contributed by atoms with E-state index in [0.717, 1.165) is 12.1 Å². The summed E-state index contributed by atoms with van der Waals surface area (Å²) in [4.78, 5) is 0. The van der Waals surface area contributed by atoms with Gasteiger partial charge in [-0.05, 0) is 30.5 Å². The first-order valence-corrected chi connectivity index (χ1v) is 5.50. The predicted molar refractivity (Wildman–Crippen MR) is 55.4 cm³/mol. The van der Waals surface area contributed by atoms with E-state index in [2.05, 4.69) is 0 Å². The summed E-state index contributed by atoms with van der Waals surface area (Å²) < 4.78 is 55.7. The standard InChI is InChI=1S/C12H12F4O2/c13-10-6-8(2-3-9(10)12(14,15)16)11(17)4-1-5-18-7-11/h2-3,6,17H,1,4-5,7H2. The van der Waals surface area contributed by atoms with E-state index < -0.39 is 23.2 Å². The lowest BCUT2D eigenvalue weighted by atomic mass is 9.88. The van der Waals surface area contributed by atoms with Gasteiger partial charge in [-0.15, -0.1) is 0 Å². The highest BCUT2D eigenvalue weighted by Gasteiger charge is 2.37. The highest BCUT2D eigenvalue weighted by Crippen LogP contribution is 2.35. The first kappa shape index (κ1) is 13.3. The molecule has 6 heteroatoms. The van der Waals surface area contributed by atoms with Crippen molar-refractivity contribution in [1.82, 2.24) is 0 Å². The molecular weight excluding hydrogens is 252 g/mol. The quantitative estimate of drug-likeness (QED) is 0.790. The van der Waals surface area contributed by atoms with Crippen LogP contribution in [-0.4, -0.2) is 18.3 Å². The maximum atomic E-state index is 13.4. The fourth-order valence-electron chi connectivity index (χ4n) is 2.04. The second-order valence-corrected chi connectivity index (χ2v) is 4.38. The van der Waals surface area contributed by atoms with Crippen LogP contribution in [0.15, 0.2) is 18.2 Å². The van der Waals surface area contributed by atoms with Crippen LogP contribution in [0.3, 0.4) is 0 Å². The third-order valence-electron chi connectivity index (χ3n) is 3.03. The number of hydrogen-bond donors (Lipinski definition) is 1. The van der Waals surface area contributed by atoms with E-state index in [4.69, 9.17) is 4.74 Å². The molecule has 0 bridgehead atoms. The van der Waals surface area contributed by atoms with Crippen LogP contribution in [0.1, 0.15) is 24.0 Å². The molecule has 0 aromatic heterocycles. The zero-order valence-electron chi connectivity index (χ0n) is 9.43. The highest BCUT2D eigenvalue weighted by atomic mass is 19.4. The van der Waals surface area contributed by atoms with Gasteiger partial charge in [-0.1, -0.05) is 6.07 Å². The largest absolute Gasteiger partial charge is 0.419 e. The summed E-state index contributed by atoms with van der Waals surface area (Å²) in [6, 6.07) is 2.48. The normalized spacial score (nSPS) is 25.2. The summed E-state index contributed by atoms with van der Waals surface area (Å²) in [6.07, 6.45) is -3.80. The van der Waals surface area contributed by atoms with Gasteiger partial charge in [0.25, 0.3) is 0 Å². The lowest BCUT2D eigenvalue weighted by molar-refractivity contribution is -0.140. The Bertz CT molecular complexity index is 436. The molecule has 0 saturated carbocycles. The van der Waals surface area contributed by atoms with Gasteiger partial charge in [0.2, 0.25) is 0 Å². The van der Waals surface area contributed by atoms with Gasteiger partial charge >= 0.3 is 6.18 Å². The van der Waals surface area contributed by atoms with Crippen molar-refractivity contribution in [2.75, 3.05) is 13.2 Å². The Morgan fingerprint density at radius 1 is 1.28 bits per heavy atom. The Morgan fingerprint density at radius 3 is 2.50 bits per heavy atom. The van der Waals surface area contributed by atoms with E-state index >= 15 is 0 Å². The SMILES string of the molecule is OC1(c2ccc(C(F)(F)F)c(F)c2)CCCOC1. The summed E-state index contributed by atoms with van der Waals surface area (Å²) in [6.45, 7) is 0.462. The van der Waals surface area contributed by atoms with Crippen LogP contribution in [0.2, 0.25) is 0 Å². The van der Waals surface area contributed by atoms with Gasteiger partial charge in [0.15, 0.2) is 0 Å². The fraction of sp³-hybridized carbons (Fsp3) is 0.500. The molecule has 18 heavy (non-hydrogen) atoms. The number of aliphatic hydroxyl groups is 1. The molecule has 1 unspecified atom stereocenters. The first-order chi connectivity index (χ1) is 8.33. The van der Waals surface area contributed by atoms with Gasteiger partial charge in [0, 0.05) is 6.61 Å². The Balaban J connectivity index is 2.34. The molecule has 1 aliphatic rings. The van der Waals surface area contributed by atoms with Crippen molar-refractivity contribution in [2.24, 2.45) is 0 Å². The average molecular weight is 264 g/mol. The van der Waals surface area contributed by atoms with Crippen molar-refractivity contribution in [3.05, 3.63) is 35.1 Å². The molecule has 1 heterocycles. The van der Waals surface area contributed by atoms with E-state index in [0.29, 0.717) is 25.5 Å². The maximum absolute atomic E-state index is 13.4. The van der Waals surface area contributed by atoms with Gasteiger partial charge in [0.1, 0.15) is 11.4 Å². The Kier molecular flexibility index (Phi) is 3.33. The van der Waals surface area contributed by atoms with Crippen molar-refractivity contribution in [3.63, 3.8) is 0 Å². The predicted octanol–water partition coefficient (Wildman–Crippen LogP) is 2.84. The van der Waals surface area contributed by atoms with Crippen molar-refractivity contribution >= 4 is 0 Å². The highest BCUT2D eigenvalue weighted by molar-refractivity contribution is 5.30. The minimum atomic E-state index is -4.73. The van der Waals surface area contributed by atoms with Crippen LogP contribution in [0, 0.1) is 5.82 Å². The average Bonchev–Trinajstić information content (AvgIpc) is 2.28. The number of alkyl halides is 3. The van der Waals surface area contributed by atoms with Gasteiger partial charge < -0.3 is 9.84 Å². The molecule has 1 aliphatic heterocycles. The molecular formula is C12H12F4O2. The molecule has 100 valence electrons. The van der Waals surface area contributed by atoms with E-state index in [-0.39, 0.29) is 12.2 Å². The summed E-state index contributed by atoms with van der Waals surface area (Å²) in [5.41, 5.74) is -2.61. The van der Waals surface area contributed by atoms with Gasteiger partial charge in [-0.2, -0.15) is 13.2 Å². The second-order valence-electron chi connectivity index (χ2n) is 4.38. The van der Waals surface area contributed by atoms with Crippen LogP contribution in [-0.2, 0) is 16.5 Å². The van der Waals surface area contributed by atoms with E-state index in [1.165, 1.54) is 0 Å². The molecule has 2 rings (SSSR count). The third kappa shape index (κ3) is 2.49. The molecule has 1 fully saturated rings. The van der Waals surface area contributed by atoms with Gasteiger partial charge in [-0.3, -0.25) is 0 Å². The number of halogens is 4. The number of hydrogen-bond acceptors (Lipinski definition) is 2. The van der Waals surface area contributed by atoms with Gasteiger partial charge in [-0.25, -0.2) is 4.39 Å². The van der Waals surface area contributed by atoms with E-state index in [1.807, 2.05) is 0 Å². The van der Waals surface area contributed by atoms with Crippen molar-refractivity contribution < 1.29 is 27.4 Å². The van der Waals surface area contributed by atoms with E-state index in [1.54, 1.807) is 0 Å². The minimum Gasteiger partial charge on any atom is -0.383 e. The topological polar surface area (TPSA) is 29.5 Å². The fourth-order valence-corrected chi connectivity index (χ4v) is 2.04. The molecule has 1 N–H and O–H groups in total. The van der Waals surface area contributed by atoms with Crippen LogP contribution < -0.4 is 0 Å². The lowest BCUT2D eigenvalue weighted by Gasteiger charge is -2.32. The summed E-state index contributed by atoms with van der Waals surface area (Å²) in [5.74, 6) is -1.38. The van der Waals surface area contributed by atoms with Crippen LogP contribution in [0.25, 0.3) is 0 Å². The minimum absolute atomic E-state index is 0.0300. The summed E-state index contributed by atoms with van der Waals surface area (Å²) in [5, 5.41) is 10.2. The Morgan fingerprint density at radius 2 is 2.00 bits per heavy atom. The zero-order chi connectivity index (χ0) is 13.4.